The monoisotopic (exact) mass is 510 g/mol. The van der Waals surface area contributed by atoms with Crippen LogP contribution in [-0.4, -0.2) is 61.1 Å². The van der Waals surface area contributed by atoms with Crippen LogP contribution in [-0.2, 0) is 4.79 Å². The highest BCUT2D eigenvalue weighted by Crippen LogP contribution is 2.55. The third-order valence-corrected chi connectivity index (χ3v) is 12.5. The van der Waals surface area contributed by atoms with Crippen molar-refractivity contribution in [3.8, 4) is 0 Å². The highest BCUT2D eigenvalue weighted by Gasteiger charge is 2.54. The maximum atomic E-state index is 13.7. The van der Waals surface area contributed by atoms with Gasteiger partial charge in [-0.05, 0) is 37.8 Å². The van der Waals surface area contributed by atoms with Crippen molar-refractivity contribution < 1.29 is 14.7 Å². The Morgan fingerprint density at radius 2 is 1.81 bits per heavy atom. The van der Waals surface area contributed by atoms with Gasteiger partial charge in [0.1, 0.15) is 5.84 Å². The van der Waals surface area contributed by atoms with Gasteiger partial charge in [-0.1, -0.05) is 70.2 Å². The molecule has 36 heavy (non-hydrogen) atoms. The number of carbonyl (C=O) groups is 2. The standard InChI is InChI=1S/C28H42N4O3Si/c1-26(2,18-33)22(19-12-9-8-10-13-19)30-25(35)32-17-20-21(27(32,3)4)16-29-23(20)31-24(34)28(14-11-15-28)36(5,6)7/h8-10,12-13,22,33H,11,14-18H2,1-7H3,(H,30,35)(H,29,31,34). The summed E-state index contributed by atoms with van der Waals surface area (Å²) in [7, 11) is -1.70. The number of benzene rings is 1. The molecule has 7 nitrogen and oxygen atoms in total. The number of nitrogens with zero attached hydrogens (tertiary/aromatic N) is 2. The van der Waals surface area contributed by atoms with E-state index in [2.05, 4.69) is 30.3 Å². The van der Waals surface area contributed by atoms with E-state index in [1.54, 1.807) is 0 Å². The largest absolute Gasteiger partial charge is 0.396 e. The predicted molar refractivity (Wildman–Crippen MR) is 147 cm³/mol. The summed E-state index contributed by atoms with van der Waals surface area (Å²) in [5.74, 6) is 0.744. The van der Waals surface area contributed by atoms with E-state index >= 15 is 0 Å². The Hall–Kier alpha value is -2.45. The zero-order valence-corrected chi connectivity index (χ0v) is 23.9. The summed E-state index contributed by atoms with van der Waals surface area (Å²) in [6.07, 6.45) is 3.01. The first-order valence-corrected chi connectivity index (χ1v) is 16.6. The molecule has 2 heterocycles. The molecule has 1 aromatic rings. The third kappa shape index (κ3) is 4.32. The van der Waals surface area contributed by atoms with Gasteiger partial charge in [-0.2, -0.15) is 0 Å². The molecule has 0 bridgehead atoms. The molecule has 0 saturated heterocycles. The van der Waals surface area contributed by atoms with E-state index in [-0.39, 0.29) is 29.6 Å². The van der Waals surface area contributed by atoms with Crippen LogP contribution in [0.5, 0.6) is 0 Å². The minimum Gasteiger partial charge on any atom is -0.396 e. The molecule has 3 aliphatic rings. The van der Waals surface area contributed by atoms with Gasteiger partial charge in [-0.15, -0.1) is 0 Å². The minimum atomic E-state index is -1.70. The lowest BCUT2D eigenvalue weighted by molar-refractivity contribution is -0.125. The first-order chi connectivity index (χ1) is 16.7. The van der Waals surface area contributed by atoms with Crippen LogP contribution < -0.4 is 10.6 Å². The number of nitrogens with one attached hydrogen (secondary N) is 2. The van der Waals surface area contributed by atoms with Crippen LogP contribution in [0.2, 0.25) is 24.7 Å². The third-order valence-electron chi connectivity index (χ3n) is 8.92. The number of amides is 3. The Kier molecular flexibility index (Phi) is 6.75. The van der Waals surface area contributed by atoms with Gasteiger partial charge in [0.15, 0.2) is 0 Å². The maximum absolute atomic E-state index is 13.7. The van der Waals surface area contributed by atoms with Crippen molar-refractivity contribution >= 4 is 25.8 Å². The van der Waals surface area contributed by atoms with E-state index in [0.29, 0.717) is 18.9 Å². The summed E-state index contributed by atoms with van der Waals surface area (Å²) >= 11 is 0. The molecule has 3 amide bonds. The highest BCUT2D eigenvalue weighted by atomic mass is 28.3. The fraction of sp³-hybridized carbons (Fsp3) is 0.607. The molecule has 1 fully saturated rings. The summed E-state index contributed by atoms with van der Waals surface area (Å²) in [5.41, 5.74) is 1.92. The average Bonchev–Trinajstić information content (AvgIpc) is 3.28. The number of aliphatic imine (C=N–C) groups is 1. The van der Waals surface area contributed by atoms with Crippen molar-refractivity contribution in [2.24, 2.45) is 10.4 Å². The first kappa shape index (κ1) is 26.6. The molecule has 1 aromatic carbocycles. The van der Waals surface area contributed by atoms with E-state index in [0.717, 1.165) is 36.0 Å². The van der Waals surface area contributed by atoms with Crippen LogP contribution in [0, 0.1) is 5.41 Å². The van der Waals surface area contributed by atoms with Crippen LogP contribution in [0.4, 0.5) is 4.79 Å². The molecule has 3 N–H and O–H groups in total. The summed E-state index contributed by atoms with van der Waals surface area (Å²) in [6, 6.07) is 9.24. The molecule has 1 unspecified atom stereocenters. The second-order valence-electron chi connectivity index (χ2n) is 12.8. The van der Waals surface area contributed by atoms with Gasteiger partial charge in [0.2, 0.25) is 5.91 Å². The molecule has 196 valence electrons. The molecule has 1 atom stereocenters. The van der Waals surface area contributed by atoms with Gasteiger partial charge in [0.05, 0.1) is 39.4 Å². The fourth-order valence-corrected chi connectivity index (χ4v) is 8.52. The van der Waals surface area contributed by atoms with Gasteiger partial charge in [-0.25, -0.2) is 4.79 Å². The highest BCUT2D eigenvalue weighted by molar-refractivity contribution is 6.82. The summed E-state index contributed by atoms with van der Waals surface area (Å²) in [5, 5.41) is 16.2. The zero-order valence-electron chi connectivity index (χ0n) is 22.9. The summed E-state index contributed by atoms with van der Waals surface area (Å²) in [6.45, 7) is 15.6. The Labute approximate surface area is 216 Å². The minimum absolute atomic E-state index is 0.0628. The molecule has 1 aliphatic carbocycles. The van der Waals surface area contributed by atoms with Crippen LogP contribution in [0.1, 0.15) is 58.6 Å². The number of hydrogen-bond donors (Lipinski definition) is 3. The number of urea groups is 1. The van der Waals surface area contributed by atoms with Crippen LogP contribution in [0.3, 0.4) is 0 Å². The molecule has 0 spiro atoms. The molecule has 4 rings (SSSR count). The van der Waals surface area contributed by atoms with Crippen molar-refractivity contribution in [2.75, 3.05) is 19.7 Å². The van der Waals surface area contributed by atoms with E-state index in [4.69, 9.17) is 4.99 Å². The molecule has 0 aromatic heterocycles. The van der Waals surface area contributed by atoms with Gasteiger partial charge >= 0.3 is 6.03 Å². The topological polar surface area (TPSA) is 94.0 Å². The number of aliphatic hydroxyl groups is 1. The van der Waals surface area contributed by atoms with Crippen molar-refractivity contribution in [3.05, 3.63) is 47.0 Å². The predicted octanol–water partition coefficient (Wildman–Crippen LogP) is 4.64. The summed E-state index contributed by atoms with van der Waals surface area (Å²) in [4.78, 5) is 33.7. The van der Waals surface area contributed by atoms with Gasteiger partial charge in [0.25, 0.3) is 0 Å². The smallest absolute Gasteiger partial charge is 0.318 e. The number of amidine groups is 1. The molecule has 8 heteroatoms. The number of hydrogen-bond acceptors (Lipinski definition) is 4. The quantitative estimate of drug-likeness (QED) is 0.487. The Morgan fingerprint density at radius 1 is 1.17 bits per heavy atom. The van der Waals surface area contributed by atoms with Crippen LogP contribution in [0.25, 0.3) is 0 Å². The second kappa shape index (κ2) is 9.13. The molecular formula is C28H42N4O3Si. The van der Waals surface area contributed by atoms with Crippen LogP contribution >= 0.6 is 0 Å². The first-order valence-electron chi connectivity index (χ1n) is 13.1. The maximum Gasteiger partial charge on any atom is 0.318 e. The van der Waals surface area contributed by atoms with Gasteiger partial charge < -0.3 is 20.6 Å². The Bertz CT molecular complexity index is 1100. The molecule has 2 aliphatic heterocycles. The second-order valence-corrected chi connectivity index (χ2v) is 18.3. The lowest BCUT2D eigenvalue weighted by Gasteiger charge is -2.49. The summed E-state index contributed by atoms with van der Waals surface area (Å²) < 4.78 is 0. The van der Waals surface area contributed by atoms with Crippen molar-refractivity contribution in [3.63, 3.8) is 0 Å². The lowest BCUT2D eigenvalue weighted by atomic mass is 9.81. The molecule has 1 saturated carbocycles. The number of carbonyl (C=O) groups excluding carboxylic acids is 2. The van der Waals surface area contributed by atoms with Crippen molar-refractivity contribution in [1.82, 2.24) is 15.5 Å². The van der Waals surface area contributed by atoms with Crippen molar-refractivity contribution in [1.29, 1.82) is 0 Å². The Balaban J connectivity index is 1.52. The van der Waals surface area contributed by atoms with Crippen LogP contribution in [0.15, 0.2) is 46.5 Å². The van der Waals surface area contributed by atoms with E-state index in [1.165, 1.54) is 0 Å². The molecule has 0 radical (unpaired) electrons. The van der Waals surface area contributed by atoms with E-state index in [1.807, 2.05) is 62.9 Å². The van der Waals surface area contributed by atoms with Gasteiger partial charge in [-0.3, -0.25) is 9.79 Å². The number of aliphatic hydroxyl groups excluding tert-OH is 1. The zero-order chi connectivity index (χ0) is 26.5. The SMILES string of the molecule is CC(C)(CO)C(NC(=O)N1CC2=C(CN=C2NC(=O)C2([Si](C)(C)C)CCC2)C1(C)C)c1ccccc1. The fourth-order valence-electron chi connectivity index (χ4n) is 5.93. The van der Waals surface area contributed by atoms with E-state index < -0.39 is 19.0 Å². The van der Waals surface area contributed by atoms with E-state index in [9.17, 15) is 14.7 Å². The normalized spacial score (nSPS) is 21.4. The van der Waals surface area contributed by atoms with Crippen molar-refractivity contribution in [2.45, 2.75) is 83.2 Å². The van der Waals surface area contributed by atoms with Gasteiger partial charge in [0, 0.05) is 16.0 Å². The molecular weight excluding hydrogens is 468 g/mol. The number of rotatable bonds is 6. The lowest BCUT2D eigenvalue weighted by Crippen LogP contribution is -2.55. The Morgan fingerprint density at radius 3 is 2.33 bits per heavy atom. The average molecular weight is 511 g/mol.